The van der Waals surface area contributed by atoms with Crippen LogP contribution in [0.15, 0.2) is 22.6 Å². The second-order valence-corrected chi connectivity index (χ2v) is 3.22. The third-order valence-electron chi connectivity index (χ3n) is 2.15. The van der Waals surface area contributed by atoms with Gasteiger partial charge >= 0.3 is 0 Å². The van der Waals surface area contributed by atoms with E-state index in [1.807, 2.05) is 0 Å². The van der Waals surface area contributed by atoms with Gasteiger partial charge in [-0.05, 0) is 6.92 Å². The molecule has 1 aliphatic rings. The Kier molecular flexibility index (Phi) is 2.32. The maximum Gasteiger partial charge on any atom is 0.256 e. The van der Waals surface area contributed by atoms with Gasteiger partial charge in [-0.2, -0.15) is 4.98 Å². The second-order valence-electron chi connectivity index (χ2n) is 3.22. The molecule has 1 aromatic rings. The summed E-state index contributed by atoms with van der Waals surface area (Å²) in [5.74, 6) is -0.0374. The van der Waals surface area contributed by atoms with Gasteiger partial charge in [0, 0.05) is 24.6 Å². The van der Waals surface area contributed by atoms with Gasteiger partial charge in [0.2, 0.25) is 6.39 Å². The van der Waals surface area contributed by atoms with E-state index in [0.29, 0.717) is 17.8 Å². The molecule has 6 heteroatoms. The third-order valence-corrected chi connectivity index (χ3v) is 2.15. The molecule has 2 amide bonds. The number of imide groups is 1. The van der Waals surface area contributed by atoms with Crippen molar-refractivity contribution in [2.45, 2.75) is 13.3 Å². The Morgan fingerprint density at radius 2 is 2.27 bits per heavy atom. The monoisotopic (exact) mass is 207 g/mol. The van der Waals surface area contributed by atoms with E-state index in [4.69, 9.17) is 0 Å². The first-order valence-electron chi connectivity index (χ1n) is 4.48. The lowest BCUT2D eigenvalue weighted by atomic mass is 10.3. The lowest BCUT2D eigenvalue weighted by Gasteiger charge is -2.12. The number of hydrogen-bond donors (Lipinski definition) is 0. The molecule has 0 atom stereocenters. The first kappa shape index (κ1) is 9.57. The fraction of sp³-hybridized carbons (Fsp3) is 0.333. The van der Waals surface area contributed by atoms with Crippen LogP contribution in [-0.2, 0) is 16.0 Å². The van der Waals surface area contributed by atoms with Gasteiger partial charge in [0.15, 0.2) is 5.82 Å². The largest absolute Gasteiger partial charge is 0.343 e. The minimum absolute atomic E-state index is 0.247. The van der Waals surface area contributed by atoms with Crippen molar-refractivity contribution in [2.24, 2.45) is 0 Å². The topological polar surface area (TPSA) is 76.3 Å². The van der Waals surface area contributed by atoms with E-state index in [1.54, 1.807) is 6.92 Å². The molecule has 0 fully saturated rings. The maximum absolute atomic E-state index is 11.4. The van der Waals surface area contributed by atoms with Crippen molar-refractivity contribution in [3.05, 3.63) is 23.9 Å². The van der Waals surface area contributed by atoms with Crippen LogP contribution in [0.3, 0.4) is 0 Å². The summed E-state index contributed by atoms with van der Waals surface area (Å²) in [5.41, 5.74) is 0.466. The summed E-state index contributed by atoms with van der Waals surface area (Å²) < 4.78 is 4.54. The van der Waals surface area contributed by atoms with Crippen molar-refractivity contribution in [1.82, 2.24) is 15.0 Å². The number of aromatic nitrogens is 2. The molecule has 0 bridgehead atoms. The lowest BCUT2D eigenvalue weighted by Crippen LogP contribution is -2.32. The molecule has 15 heavy (non-hydrogen) atoms. The standard InChI is InChI=1S/C9H9N3O3/c1-6-4-8(13)12(9(6)14)3-2-7-10-5-15-11-7/h4-5H,2-3H2,1H3. The highest BCUT2D eigenvalue weighted by Gasteiger charge is 2.27. The fourth-order valence-electron chi connectivity index (χ4n) is 1.36. The van der Waals surface area contributed by atoms with Crippen LogP contribution in [0.2, 0.25) is 0 Å². The predicted octanol–water partition coefficient (Wildman–Crippen LogP) is -0.0728. The number of hydrogen-bond acceptors (Lipinski definition) is 5. The zero-order valence-corrected chi connectivity index (χ0v) is 8.14. The van der Waals surface area contributed by atoms with Crippen LogP contribution >= 0.6 is 0 Å². The molecule has 78 valence electrons. The molecule has 1 aliphatic heterocycles. The van der Waals surface area contributed by atoms with Gasteiger partial charge in [0.05, 0.1) is 0 Å². The van der Waals surface area contributed by atoms with E-state index >= 15 is 0 Å². The normalized spacial score (nSPS) is 16.1. The van der Waals surface area contributed by atoms with Crippen LogP contribution in [0, 0.1) is 0 Å². The Morgan fingerprint density at radius 1 is 1.47 bits per heavy atom. The van der Waals surface area contributed by atoms with Crippen molar-refractivity contribution in [2.75, 3.05) is 6.54 Å². The molecular weight excluding hydrogens is 198 g/mol. The number of carbonyl (C=O) groups is 2. The number of carbonyl (C=O) groups excluding carboxylic acids is 2. The summed E-state index contributed by atoms with van der Waals surface area (Å²) >= 11 is 0. The van der Waals surface area contributed by atoms with E-state index in [-0.39, 0.29) is 18.4 Å². The molecule has 0 unspecified atom stereocenters. The van der Waals surface area contributed by atoms with Crippen LogP contribution in [0.5, 0.6) is 0 Å². The van der Waals surface area contributed by atoms with Crippen LogP contribution < -0.4 is 0 Å². The highest BCUT2D eigenvalue weighted by molar-refractivity contribution is 6.15. The molecule has 0 aliphatic carbocycles. The average Bonchev–Trinajstić information content (AvgIpc) is 2.76. The van der Waals surface area contributed by atoms with Crippen molar-refractivity contribution < 1.29 is 14.1 Å². The Labute approximate surface area is 85.6 Å². The predicted molar refractivity (Wildman–Crippen MR) is 48.5 cm³/mol. The molecule has 0 N–H and O–H groups in total. The maximum atomic E-state index is 11.4. The van der Waals surface area contributed by atoms with Crippen LogP contribution in [0.25, 0.3) is 0 Å². The zero-order valence-electron chi connectivity index (χ0n) is 8.14. The first-order chi connectivity index (χ1) is 7.18. The van der Waals surface area contributed by atoms with E-state index in [9.17, 15) is 9.59 Å². The molecule has 1 aromatic heterocycles. The van der Waals surface area contributed by atoms with Gasteiger partial charge in [-0.15, -0.1) is 0 Å². The first-order valence-corrected chi connectivity index (χ1v) is 4.48. The second kappa shape index (κ2) is 3.64. The molecule has 2 rings (SSSR count). The molecule has 0 spiro atoms. The minimum Gasteiger partial charge on any atom is -0.343 e. The highest BCUT2D eigenvalue weighted by atomic mass is 16.5. The van der Waals surface area contributed by atoms with Crippen LogP contribution in [0.4, 0.5) is 0 Å². The fourth-order valence-corrected chi connectivity index (χ4v) is 1.36. The van der Waals surface area contributed by atoms with Crippen molar-refractivity contribution in [1.29, 1.82) is 0 Å². The highest BCUT2D eigenvalue weighted by Crippen LogP contribution is 2.11. The van der Waals surface area contributed by atoms with E-state index < -0.39 is 0 Å². The van der Waals surface area contributed by atoms with Gasteiger partial charge in [-0.25, -0.2) is 0 Å². The SMILES string of the molecule is CC1=CC(=O)N(CCc2ncon2)C1=O. The Balaban J connectivity index is 1.97. The van der Waals surface area contributed by atoms with E-state index in [1.165, 1.54) is 17.4 Å². The Bertz CT molecular complexity index is 422. The molecule has 0 saturated heterocycles. The average molecular weight is 207 g/mol. The quantitative estimate of drug-likeness (QED) is 0.648. The van der Waals surface area contributed by atoms with Crippen LogP contribution in [0.1, 0.15) is 12.7 Å². The molecular formula is C9H9N3O3. The summed E-state index contributed by atoms with van der Waals surface area (Å²) in [5, 5.41) is 3.59. The van der Waals surface area contributed by atoms with Crippen molar-refractivity contribution >= 4 is 11.8 Å². The van der Waals surface area contributed by atoms with Gasteiger partial charge in [0.1, 0.15) is 0 Å². The summed E-state index contributed by atoms with van der Waals surface area (Å²) in [4.78, 5) is 27.7. The van der Waals surface area contributed by atoms with E-state index in [2.05, 4.69) is 14.7 Å². The summed E-state index contributed by atoms with van der Waals surface area (Å²) in [6.07, 6.45) is 2.96. The molecule has 0 saturated carbocycles. The number of nitrogens with zero attached hydrogens (tertiary/aromatic N) is 3. The third kappa shape index (κ3) is 1.78. The lowest BCUT2D eigenvalue weighted by molar-refractivity contribution is -0.137. The number of rotatable bonds is 3. The molecule has 2 heterocycles. The molecule has 6 nitrogen and oxygen atoms in total. The summed E-state index contributed by atoms with van der Waals surface area (Å²) in [6, 6.07) is 0. The Hall–Kier alpha value is -1.98. The van der Waals surface area contributed by atoms with Crippen molar-refractivity contribution in [3.8, 4) is 0 Å². The zero-order chi connectivity index (χ0) is 10.8. The van der Waals surface area contributed by atoms with E-state index in [0.717, 1.165) is 0 Å². The molecule has 0 aromatic carbocycles. The van der Waals surface area contributed by atoms with Crippen LogP contribution in [-0.4, -0.2) is 33.4 Å². The number of amides is 2. The van der Waals surface area contributed by atoms with Gasteiger partial charge in [-0.1, -0.05) is 5.16 Å². The minimum atomic E-state index is -0.277. The van der Waals surface area contributed by atoms with Gasteiger partial charge < -0.3 is 4.52 Å². The molecule has 0 radical (unpaired) electrons. The smallest absolute Gasteiger partial charge is 0.256 e. The van der Waals surface area contributed by atoms with Crippen molar-refractivity contribution in [3.63, 3.8) is 0 Å². The van der Waals surface area contributed by atoms with Gasteiger partial charge in [-0.3, -0.25) is 14.5 Å². The Morgan fingerprint density at radius 3 is 2.80 bits per heavy atom. The van der Waals surface area contributed by atoms with Gasteiger partial charge in [0.25, 0.3) is 11.8 Å². The summed E-state index contributed by atoms with van der Waals surface area (Å²) in [6.45, 7) is 1.90. The summed E-state index contributed by atoms with van der Waals surface area (Å²) in [7, 11) is 0.